The van der Waals surface area contributed by atoms with E-state index in [1.54, 1.807) is 0 Å². The number of nitrogens with one attached hydrogen (secondary N) is 2. The van der Waals surface area contributed by atoms with Crippen molar-refractivity contribution in [3.8, 4) is 0 Å². The van der Waals surface area contributed by atoms with Crippen LogP contribution < -0.4 is 10.2 Å². The van der Waals surface area contributed by atoms with Gasteiger partial charge in [0.05, 0.1) is 0 Å². The van der Waals surface area contributed by atoms with Gasteiger partial charge in [-0.15, -0.1) is 0 Å². The number of sulfonamides is 1. The van der Waals surface area contributed by atoms with Gasteiger partial charge in [0.2, 0.25) is 11.4 Å². The Hall–Kier alpha value is -2.22. The maximum absolute atomic E-state index is 12.8. The molecule has 0 amide bonds. The van der Waals surface area contributed by atoms with E-state index >= 15 is 0 Å². The first-order valence-corrected chi connectivity index (χ1v) is 6.30. The second kappa shape index (κ2) is 4.57. The van der Waals surface area contributed by atoms with Crippen LogP contribution in [-0.2, 0) is 10.0 Å². The fraction of sp³-hybridized carbons (Fsp3) is 0. The summed E-state index contributed by atoms with van der Waals surface area (Å²) in [6.45, 7) is 0. The third-order valence-electron chi connectivity index (χ3n) is 2.03. The second-order valence-electron chi connectivity index (χ2n) is 3.32. The number of nitrogens with zero attached hydrogens (tertiary/aromatic N) is 1. The van der Waals surface area contributed by atoms with E-state index in [0.717, 1.165) is 18.3 Å². The molecule has 2 rings (SSSR count). The van der Waals surface area contributed by atoms with E-state index < -0.39 is 26.3 Å². The number of anilines is 1. The summed E-state index contributed by atoms with van der Waals surface area (Å²) in [5.74, 6) is -1.02. The Morgan fingerprint density at radius 1 is 1.28 bits per heavy atom. The topological polar surface area (TPSA) is 91.9 Å². The lowest BCUT2D eigenvalue weighted by molar-refractivity contribution is 0.584. The van der Waals surface area contributed by atoms with Crippen molar-refractivity contribution in [2.75, 3.05) is 4.72 Å². The summed E-state index contributed by atoms with van der Waals surface area (Å²) < 4.78 is 38.5. The molecule has 0 saturated carbocycles. The molecule has 8 heteroatoms. The maximum Gasteiger partial charge on any atom is 0.268 e. The molecule has 0 bridgehead atoms. The van der Waals surface area contributed by atoms with E-state index in [2.05, 4.69) is 9.97 Å². The third-order valence-corrected chi connectivity index (χ3v) is 3.41. The van der Waals surface area contributed by atoms with Crippen molar-refractivity contribution in [3.63, 3.8) is 0 Å². The molecule has 94 valence electrons. The lowest BCUT2D eigenvalue weighted by atomic mass is 10.5. The molecule has 0 aliphatic heterocycles. The van der Waals surface area contributed by atoms with Gasteiger partial charge >= 0.3 is 0 Å². The number of hydrogen-bond donors (Lipinski definition) is 2. The van der Waals surface area contributed by atoms with Gasteiger partial charge in [0.1, 0.15) is 5.82 Å². The summed E-state index contributed by atoms with van der Waals surface area (Å²) in [6.07, 6.45) is 2.35. The Balaban J connectivity index is 2.40. The first kappa shape index (κ1) is 12.2. The molecule has 2 heterocycles. The van der Waals surface area contributed by atoms with Gasteiger partial charge in [0.25, 0.3) is 10.0 Å². The smallest absolute Gasteiger partial charge is 0.268 e. The predicted octanol–water partition coefficient (Wildman–Crippen LogP) is 0.710. The average molecular weight is 269 g/mol. The van der Waals surface area contributed by atoms with Gasteiger partial charge in [-0.25, -0.2) is 13.4 Å². The highest BCUT2D eigenvalue weighted by atomic mass is 32.2. The molecular formula is C10H8FN3O3S. The number of aromatic amines is 1. The number of halogens is 1. The Morgan fingerprint density at radius 3 is 2.72 bits per heavy atom. The zero-order chi connectivity index (χ0) is 13.2. The van der Waals surface area contributed by atoms with E-state index in [1.165, 1.54) is 18.3 Å². The van der Waals surface area contributed by atoms with Crippen LogP contribution >= 0.6 is 0 Å². The van der Waals surface area contributed by atoms with E-state index in [0.29, 0.717) is 0 Å². The summed E-state index contributed by atoms with van der Waals surface area (Å²) >= 11 is 0. The normalized spacial score (nSPS) is 11.2. The molecule has 0 atom stereocenters. The number of H-pyrrole nitrogens is 1. The third kappa shape index (κ3) is 2.54. The van der Waals surface area contributed by atoms with Crippen molar-refractivity contribution in [3.05, 3.63) is 52.8 Å². The minimum absolute atomic E-state index is 0.196. The summed E-state index contributed by atoms with van der Waals surface area (Å²) in [6, 6.07) is 4.73. The van der Waals surface area contributed by atoms with Crippen molar-refractivity contribution in [2.45, 2.75) is 4.90 Å². The number of pyridine rings is 2. The second-order valence-corrected chi connectivity index (χ2v) is 4.97. The maximum atomic E-state index is 12.8. The van der Waals surface area contributed by atoms with Gasteiger partial charge in [-0.2, -0.15) is 4.39 Å². The van der Waals surface area contributed by atoms with Gasteiger partial charge < -0.3 is 4.98 Å². The number of hydrogen-bond acceptors (Lipinski definition) is 4. The van der Waals surface area contributed by atoms with Crippen LogP contribution in [-0.4, -0.2) is 18.4 Å². The molecule has 0 saturated heterocycles. The first-order valence-electron chi connectivity index (χ1n) is 4.81. The van der Waals surface area contributed by atoms with Crippen LogP contribution in [0.3, 0.4) is 0 Å². The average Bonchev–Trinajstić information content (AvgIpc) is 2.28. The van der Waals surface area contributed by atoms with E-state index in [4.69, 9.17) is 0 Å². The first-order chi connectivity index (χ1) is 8.49. The van der Waals surface area contributed by atoms with Crippen LogP contribution in [0.5, 0.6) is 0 Å². The summed E-state index contributed by atoms with van der Waals surface area (Å²) in [5.41, 5.74) is -0.669. The quantitative estimate of drug-likeness (QED) is 0.803. The fourth-order valence-corrected chi connectivity index (χ4v) is 2.32. The fourth-order valence-electron chi connectivity index (χ4n) is 1.27. The molecule has 18 heavy (non-hydrogen) atoms. The molecule has 0 spiro atoms. The monoisotopic (exact) mass is 269 g/mol. The Labute approximate surface area is 102 Å². The van der Waals surface area contributed by atoms with Crippen molar-refractivity contribution >= 4 is 15.8 Å². The summed E-state index contributed by atoms with van der Waals surface area (Å²) in [7, 11) is -4.08. The molecule has 0 fully saturated rings. The lowest BCUT2D eigenvalue weighted by Gasteiger charge is -2.05. The van der Waals surface area contributed by atoms with Crippen LogP contribution in [0, 0.1) is 5.95 Å². The molecule has 0 aromatic carbocycles. The Bertz CT molecular complexity index is 727. The molecule has 2 N–H and O–H groups in total. The largest absolute Gasteiger partial charge is 0.366 e. The molecule has 0 aliphatic carbocycles. The molecule has 0 unspecified atom stereocenters. The minimum atomic E-state index is -4.08. The number of rotatable bonds is 3. The SMILES string of the molecule is O=c1cc[nH]cc1S(=O)(=O)Nc1cccc(F)n1. The molecule has 6 nitrogen and oxygen atoms in total. The van der Waals surface area contributed by atoms with Crippen molar-refractivity contribution < 1.29 is 12.8 Å². The molecule has 2 aromatic rings. The van der Waals surface area contributed by atoms with Gasteiger partial charge in [0, 0.05) is 18.5 Å². The number of aromatic nitrogens is 2. The molecular weight excluding hydrogens is 261 g/mol. The van der Waals surface area contributed by atoms with Gasteiger partial charge in [-0.05, 0) is 12.1 Å². The summed E-state index contributed by atoms with van der Waals surface area (Å²) in [4.78, 5) is 16.8. The minimum Gasteiger partial charge on any atom is -0.366 e. The van der Waals surface area contributed by atoms with Gasteiger partial charge in [0.15, 0.2) is 4.90 Å². The van der Waals surface area contributed by atoms with E-state index in [9.17, 15) is 17.6 Å². The highest BCUT2D eigenvalue weighted by Crippen LogP contribution is 2.10. The standard InChI is InChI=1S/C10H8FN3O3S/c11-9-2-1-3-10(13-9)14-18(16,17)8-6-12-5-4-7(8)15/h1-6H,(H,12,15)(H,13,14). The van der Waals surface area contributed by atoms with E-state index in [-0.39, 0.29) is 5.82 Å². The van der Waals surface area contributed by atoms with Crippen LogP contribution in [0.25, 0.3) is 0 Å². The van der Waals surface area contributed by atoms with Crippen LogP contribution in [0.4, 0.5) is 10.2 Å². The highest BCUT2D eigenvalue weighted by Gasteiger charge is 2.18. The zero-order valence-electron chi connectivity index (χ0n) is 8.92. The van der Waals surface area contributed by atoms with Crippen LogP contribution in [0.15, 0.2) is 46.3 Å². The van der Waals surface area contributed by atoms with Crippen LogP contribution in [0.2, 0.25) is 0 Å². The zero-order valence-corrected chi connectivity index (χ0v) is 9.74. The highest BCUT2D eigenvalue weighted by molar-refractivity contribution is 7.92. The van der Waals surface area contributed by atoms with Crippen molar-refractivity contribution in [1.29, 1.82) is 0 Å². The molecule has 2 aromatic heterocycles. The Kier molecular flexibility index (Phi) is 3.11. The van der Waals surface area contributed by atoms with Crippen molar-refractivity contribution in [1.82, 2.24) is 9.97 Å². The molecule has 0 radical (unpaired) electrons. The predicted molar refractivity (Wildman–Crippen MR) is 62.1 cm³/mol. The van der Waals surface area contributed by atoms with Crippen LogP contribution in [0.1, 0.15) is 0 Å². The van der Waals surface area contributed by atoms with Gasteiger partial charge in [-0.1, -0.05) is 6.07 Å². The van der Waals surface area contributed by atoms with E-state index in [1.807, 2.05) is 4.72 Å². The Morgan fingerprint density at radius 2 is 2.06 bits per heavy atom. The molecule has 0 aliphatic rings. The summed E-state index contributed by atoms with van der Waals surface area (Å²) in [5, 5.41) is 0. The van der Waals surface area contributed by atoms with Gasteiger partial charge in [-0.3, -0.25) is 9.52 Å². The lowest BCUT2D eigenvalue weighted by Crippen LogP contribution is -2.21. The van der Waals surface area contributed by atoms with Crippen molar-refractivity contribution in [2.24, 2.45) is 0 Å².